The monoisotopic (exact) mass is 427 g/mol. The fraction of sp³-hybridized carbons (Fsp3) is 0. The molecule has 0 N–H and O–H groups in total. The van der Waals surface area contributed by atoms with Gasteiger partial charge in [0.25, 0.3) is 0 Å². The van der Waals surface area contributed by atoms with Crippen LogP contribution in [0.3, 0.4) is 0 Å². The molecule has 0 spiro atoms. The number of benzene rings is 3. The molecule has 0 unspecified atom stereocenters. The zero-order valence-corrected chi connectivity index (χ0v) is 15.1. The first-order valence-electron chi connectivity index (χ1n) is 7.12. The third-order valence-corrected chi connectivity index (χ3v) is 4.97. The highest BCUT2D eigenvalue weighted by atomic mass is 79.9. The van der Waals surface area contributed by atoms with Crippen LogP contribution in [0.2, 0.25) is 0 Å². The number of aromatic nitrogens is 1. The molecule has 0 aliphatic rings. The average molecular weight is 429 g/mol. The lowest BCUT2D eigenvalue weighted by Gasteiger charge is -2.08. The highest BCUT2D eigenvalue weighted by molar-refractivity contribution is 9.10. The van der Waals surface area contributed by atoms with E-state index in [1.807, 2.05) is 24.3 Å². The van der Waals surface area contributed by atoms with Crippen LogP contribution >= 0.6 is 31.9 Å². The standard InChI is InChI=1S/C19H11Br2NO/c20-13-3-7-16-17-8-4-14(21)10-19(17)22(18(16)9-13)15-5-1-12(11-23)2-6-15/h1-11H. The molecule has 0 bridgehead atoms. The Balaban J connectivity index is 2.14. The van der Waals surface area contributed by atoms with Crippen LogP contribution in [0.4, 0.5) is 0 Å². The van der Waals surface area contributed by atoms with Gasteiger partial charge in [-0.1, -0.05) is 44.0 Å². The van der Waals surface area contributed by atoms with Gasteiger partial charge in [0, 0.05) is 31.0 Å². The van der Waals surface area contributed by atoms with E-state index in [0.717, 1.165) is 32.0 Å². The molecule has 4 aromatic rings. The molecular formula is C19H11Br2NO. The lowest BCUT2D eigenvalue weighted by molar-refractivity contribution is 0.112. The van der Waals surface area contributed by atoms with Crippen molar-refractivity contribution in [1.29, 1.82) is 0 Å². The molecule has 0 saturated carbocycles. The van der Waals surface area contributed by atoms with E-state index in [1.165, 1.54) is 10.8 Å². The first-order valence-corrected chi connectivity index (χ1v) is 8.71. The van der Waals surface area contributed by atoms with Crippen LogP contribution in [0, 0.1) is 0 Å². The van der Waals surface area contributed by atoms with Crippen LogP contribution in [0.15, 0.2) is 69.6 Å². The number of rotatable bonds is 2. The number of carbonyl (C=O) groups excluding carboxylic acids is 1. The Hall–Kier alpha value is -1.91. The Labute approximate surface area is 150 Å². The zero-order valence-electron chi connectivity index (χ0n) is 12.0. The second-order valence-corrected chi connectivity index (χ2v) is 7.20. The SMILES string of the molecule is O=Cc1ccc(-n2c3cc(Br)ccc3c3ccc(Br)cc32)cc1. The van der Waals surface area contributed by atoms with Gasteiger partial charge < -0.3 is 4.57 Å². The van der Waals surface area contributed by atoms with Gasteiger partial charge in [-0.15, -0.1) is 0 Å². The van der Waals surface area contributed by atoms with Crippen LogP contribution in [0.5, 0.6) is 0 Å². The molecule has 0 saturated heterocycles. The van der Waals surface area contributed by atoms with E-state index in [-0.39, 0.29) is 0 Å². The number of carbonyl (C=O) groups is 1. The molecule has 112 valence electrons. The Bertz CT molecular complexity index is 989. The maximum Gasteiger partial charge on any atom is 0.150 e. The summed E-state index contributed by atoms with van der Waals surface area (Å²) >= 11 is 7.13. The minimum Gasteiger partial charge on any atom is -0.309 e. The van der Waals surface area contributed by atoms with Crippen LogP contribution in [0.25, 0.3) is 27.5 Å². The summed E-state index contributed by atoms with van der Waals surface area (Å²) in [4.78, 5) is 10.9. The van der Waals surface area contributed by atoms with E-state index in [4.69, 9.17) is 0 Å². The van der Waals surface area contributed by atoms with Gasteiger partial charge in [-0.2, -0.15) is 0 Å². The molecule has 3 aromatic carbocycles. The minimum absolute atomic E-state index is 0.678. The minimum atomic E-state index is 0.678. The number of nitrogens with zero attached hydrogens (tertiary/aromatic N) is 1. The van der Waals surface area contributed by atoms with Gasteiger partial charge in [0.1, 0.15) is 6.29 Å². The Morgan fingerprint density at radius 2 is 1.26 bits per heavy atom. The summed E-state index contributed by atoms with van der Waals surface area (Å²) < 4.78 is 4.30. The summed E-state index contributed by atoms with van der Waals surface area (Å²) in [5, 5.41) is 2.41. The van der Waals surface area contributed by atoms with Gasteiger partial charge in [0.2, 0.25) is 0 Å². The fourth-order valence-corrected chi connectivity index (χ4v) is 3.64. The Kier molecular flexibility index (Phi) is 3.58. The highest BCUT2D eigenvalue weighted by Crippen LogP contribution is 2.34. The van der Waals surface area contributed by atoms with E-state index >= 15 is 0 Å². The molecule has 4 heteroatoms. The molecule has 2 nitrogen and oxygen atoms in total. The average Bonchev–Trinajstić information content (AvgIpc) is 2.87. The van der Waals surface area contributed by atoms with E-state index in [2.05, 4.69) is 72.8 Å². The van der Waals surface area contributed by atoms with Crippen LogP contribution < -0.4 is 0 Å². The lowest BCUT2D eigenvalue weighted by Crippen LogP contribution is -1.94. The molecule has 0 aliphatic heterocycles. The van der Waals surface area contributed by atoms with Crippen molar-refractivity contribution in [1.82, 2.24) is 4.57 Å². The number of hydrogen-bond acceptors (Lipinski definition) is 1. The Morgan fingerprint density at radius 3 is 1.74 bits per heavy atom. The smallest absolute Gasteiger partial charge is 0.150 e. The largest absolute Gasteiger partial charge is 0.309 e. The number of fused-ring (bicyclic) bond motifs is 3. The molecule has 23 heavy (non-hydrogen) atoms. The first-order chi connectivity index (χ1) is 11.2. The van der Waals surface area contributed by atoms with Crippen molar-refractivity contribution in [2.45, 2.75) is 0 Å². The normalized spacial score (nSPS) is 11.2. The molecule has 4 rings (SSSR count). The van der Waals surface area contributed by atoms with Crippen LogP contribution in [0.1, 0.15) is 10.4 Å². The van der Waals surface area contributed by atoms with E-state index in [9.17, 15) is 4.79 Å². The molecular weight excluding hydrogens is 418 g/mol. The molecule has 0 amide bonds. The summed E-state index contributed by atoms with van der Waals surface area (Å²) in [7, 11) is 0. The Morgan fingerprint density at radius 1 is 0.739 bits per heavy atom. The number of hydrogen-bond donors (Lipinski definition) is 0. The number of aldehydes is 1. The van der Waals surface area contributed by atoms with Crippen molar-refractivity contribution >= 4 is 60.0 Å². The summed E-state index contributed by atoms with van der Waals surface area (Å²) in [6.07, 6.45) is 0.864. The molecule has 0 fully saturated rings. The molecule has 0 atom stereocenters. The maximum atomic E-state index is 10.9. The first kappa shape index (κ1) is 14.7. The second kappa shape index (κ2) is 5.62. The van der Waals surface area contributed by atoms with Gasteiger partial charge >= 0.3 is 0 Å². The van der Waals surface area contributed by atoms with Gasteiger partial charge in [0.15, 0.2) is 0 Å². The van der Waals surface area contributed by atoms with Crippen LogP contribution in [-0.4, -0.2) is 10.9 Å². The zero-order chi connectivity index (χ0) is 16.0. The van der Waals surface area contributed by atoms with Gasteiger partial charge in [-0.05, 0) is 48.5 Å². The van der Waals surface area contributed by atoms with E-state index in [1.54, 1.807) is 0 Å². The summed E-state index contributed by atoms with van der Waals surface area (Å²) in [5.41, 5.74) is 3.97. The molecule has 0 radical (unpaired) electrons. The third-order valence-electron chi connectivity index (χ3n) is 3.98. The van der Waals surface area contributed by atoms with Crippen molar-refractivity contribution in [2.75, 3.05) is 0 Å². The van der Waals surface area contributed by atoms with Crippen molar-refractivity contribution in [3.63, 3.8) is 0 Å². The second-order valence-electron chi connectivity index (χ2n) is 5.37. The van der Waals surface area contributed by atoms with Gasteiger partial charge in [-0.3, -0.25) is 4.79 Å². The van der Waals surface area contributed by atoms with Crippen molar-refractivity contribution in [2.24, 2.45) is 0 Å². The van der Waals surface area contributed by atoms with Crippen molar-refractivity contribution in [3.05, 3.63) is 75.2 Å². The van der Waals surface area contributed by atoms with Gasteiger partial charge in [-0.25, -0.2) is 0 Å². The summed E-state index contributed by atoms with van der Waals surface area (Å²) in [6.45, 7) is 0. The predicted octanol–water partition coefficient (Wildman–Crippen LogP) is 6.12. The number of halogens is 2. The van der Waals surface area contributed by atoms with E-state index in [0.29, 0.717) is 5.56 Å². The third kappa shape index (κ3) is 2.42. The van der Waals surface area contributed by atoms with Crippen molar-refractivity contribution < 1.29 is 4.79 Å². The topological polar surface area (TPSA) is 22.0 Å². The summed E-state index contributed by atoms with van der Waals surface area (Å²) in [5.74, 6) is 0. The highest BCUT2D eigenvalue weighted by Gasteiger charge is 2.12. The molecule has 1 aromatic heterocycles. The van der Waals surface area contributed by atoms with E-state index < -0.39 is 0 Å². The summed E-state index contributed by atoms with van der Waals surface area (Å²) in [6, 6.07) is 20.3. The van der Waals surface area contributed by atoms with Crippen molar-refractivity contribution in [3.8, 4) is 5.69 Å². The van der Waals surface area contributed by atoms with Crippen LogP contribution in [-0.2, 0) is 0 Å². The quantitative estimate of drug-likeness (QED) is 0.352. The van der Waals surface area contributed by atoms with Gasteiger partial charge in [0.05, 0.1) is 11.0 Å². The molecule has 1 heterocycles. The predicted molar refractivity (Wildman–Crippen MR) is 102 cm³/mol. The maximum absolute atomic E-state index is 10.9. The molecule has 0 aliphatic carbocycles. The lowest BCUT2D eigenvalue weighted by atomic mass is 10.2. The fourth-order valence-electron chi connectivity index (χ4n) is 2.95.